The maximum absolute atomic E-state index is 12.3. The second-order valence-electron chi connectivity index (χ2n) is 6.82. The molecular formula is C17H32N6O5. The summed E-state index contributed by atoms with van der Waals surface area (Å²) in [6.07, 6.45) is 0. The van der Waals surface area contributed by atoms with E-state index in [9.17, 15) is 24.0 Å². The zero-order chi connectivity index (χ0) is 22.0. The second kappa shape index (κ2) is 11.9. The van der Waals surface area contributed by atoms with Gasteiger partial charge in [0.05, 0.1) is 32.7 Å². The van der Waals surface area contributed by atoms with Crippen molar-refractivity contribution in [2.45, 2.75) is 0 Å². The molecule has 11 nitrogen and oxygen atoms in total. The Hall–Kier alpha value is -2.69. The van der Waals surface area contributed by atoms with E-state index < -0.39 is 17.7 Å². The van der Waals surface area contributed by atoms with Gasteiger partial charge in [-0.25, -0.2) is 0 Å². The number of hydrogen-bond acceptors (Lipinski definition) is 6. The van der Waals surface area contributed by atoms with E-state index in [1.165, 1.54) is 52.7 Å². The van der Waals surface area contributed by atoms with Gasteiger partial charge in [0.1, 0.15) is 0 Å². The van der Waals surface area contributed by atoms with Gasteiger partial charge in [0.15, 0.2) is 0 Å². The van der Waals surface area contributed by atoms with Crippen molar-refractivity contribution in [3.63, 3.8) is 0 Å². The predicted octanol–water partition coefficient (Wildman–Crippen LogP) is -2.87. The fourth-order valence-corrected chi connectivity index (χ4v) is 1.95. The Morgan fingerprint density at radius 2 is 0.821 bits per heavy atom. The summed E-state index contributed by atoms with van der Waals surface area (Å²) in [7, 11) is 10.7. The van der Waals surface area contributed by atoms with Crippen LogP contribution < -0.4 is 5.32 Å². The molecule has 0 aromatic rings. The fraction of sp³-hybridized carbons (Fsp3) is 0.706. The highest BCUT2D eigenvalue weighted by Gasteiger charge is 2.22. The first-order chi connectivity index (χ1) is 12.9. The molecule has 0 aliphatic rings. The predicted molar refractivity (Wildman–Crippen MR) is 103 cm³/mol. The fourth-order valence-electron chi connectivity index (χ4n) is 1.95. The van der Waals surface area contributed by atoms with E-state index in [0.717, 1.165) is 0 Å². The molecule has 28 heavy (non-hydrogen) atoms. The number of rotatable bonds is 10. The van der Waals surface area contributed by atoms with Gasteiger partial charge < -0.3 is 29.8 Å². The first-order valence-corrected chi connectivity index (χ1v) is 8.71. The number of hydrogen-bond donors (Lipinski definition) is 1. The average Bonchev–Trinajstić information content (AvgIpc) is 2.60. The number of likely N-dealkylation sites (N-methyl/N-ethyl adjacent to an activating group) is 6. The zero-order valence-corrected chi connectivity index (χ0v) is 17.8. The lowest BCUT2D eigenvalue weighted by Gasteiger charge is -2.25. The van der Waals surface area contributed by atoms with Crippen LogP contribution >= 0.6 is 0 Å². The highest BCUT2D eigenvalue weighted by atomic mass is 16.2. The summed E-state index contributed by atoms with van der Waals surface area (Å²) >= 11 is 0. The molecular weight excluding hydrogens is 368 g/mol. The van der Waals surface area contributed by atoms with Crippen LogP contribution in [-0.4, -0.2) is 136 Å². The van der Waals surface area contributed by atoms with Crippen LogP contribution in [0, 0.1) is 0 Å². The van der Waals surface area contributed by atoms with E-state index in [1.807, 2.05) is 0 Å². The van der Waals surface area contributed by atoms with Crippen LogP contribution in [0.2, 0.25) is 0 Å². The number of nitrogens with zero attached hydrogens (tertiary/aromatic N) is 5. The van der Waals surface area contributed by atoms with Crippen molar-refractivity contribution in [1.29, 1.82) is 0 Å². The second-order valence-corrected chi connectivity index (χ2v) is 6.82. The van der Waals surface area contributed by atoms with Crippen LogP contribution in [0.15, 0.2) is 0 Å². The van der Waals surface area contributed by atoms with E-state index in [0.29, 0.717) is 0 Å². The van der Waals surface area contributed by atoms with Gasteiger partial charge in [0, 0.05) is 42.3 Å². The quantitative estimate of drug-likeness (QED) is 0.422. The molecule has 0 saturated carbocycles. The summed E-state index contributed by atoms with van der Waals surface area (Å²) in [5.41, 5.74) is 0. The Morgan fingerprint density at radius 3 is 1.11 bits per heavy atom. The van der Waals surface area contributed by atoms with E-state index in [-0.39, 0.29) is 44.5 Å². The van der Waals surface area contributed by atoms with Crippen molar-refractivity contribution in [1.82, 2.24) is 29.8 Å². The van der Waals surface area contributed by atoms with Crippen molar-refractivity contribution >= 4 is 29.5 Å². The minimum absolute atomic E-state index is 0.0841. The SMILES string of the molecule is CNCC(=O)N(C)CC(=O)N(C)CC(=O)N(C)CC(=O)N(C)CC(=O)N(C)C. The zero-order valence-electron chi connectivity index (χ0n) is 17.8. The highest BCUT2D eigenvalue weighted by molar-refractivity contribution is 5.91. The van der Waals surface area contributed by atoms with Gasteiger partial charge in [-0.1, -0.05) is 0 Å². The molecule has 0 spiro atoms. The lowest BCUT2D eigenvalue weighted by molar-refractivity contribution is -0.144. The maximum Gasteiger partial charge on any atom is 0.242 e. The van der Waals surface area contributed by atoms with Crippen molar-refractivity contribution in [3.05, 3.63) is 0 Å². The van der Waals surface area contributed by atoms with Crippen LogP contribution in [0.5, 0.6) is 0 Å². The molecule has 1 N–H and O–H groups in total. The van der Waals surface area contributed by atoms with Gasteiger partial charge in [-0.2, -0.15) is 0 Å². The topological polar surface area (TPSA) is 114 Å². The van der Waals surface area contributed by atoms with Crippen LogP contribution in [0.1, 0.15) is 0 Å². The molecule has 0 aliphatic heterocycles. The molecule has 5 amide bonds. The summed E-state index contributed by atoms with van der Waals surface area (Å²) in [6, 6.07) is 0. The van der Waals surface area contributed by atoms with Crippen molar-refractivity contribution in [2.24, 2.45) is 0 Å². The Kier molecular flexibility index (Phi) is 10.8. The Bertz CT molecular complexity index is 595. The molecule has 11 heteroatoms. The third-order valence-corrected chi connectivity index (χ3v) is 4.02. The van der Waals surface area contributed by atoms with Gasteiger partial charge in [-0.05, 0) is 7.05 Å². The van der Waals surface area contributed by atoms with E-state index >= 15 is 0 Å². The molecule has 160 valence electrons. The molecule has 0 bridgehead atoms. The standard InChI is InChI=1S/C17H32N6O5/c1-18-8-13(24)20(4)10-15(26)22(6)12-17(28)23(7)11-16(27)21(5)9-14(25)19(2)3/h18H,8-12H2,1-7H3. The average molecular weight is 400 g/mol. The van der Waals surface area contributed by atoms with Crippen LogP contribution in [-0.2, 0) is 24.0 Å². The molecule has 0 heterocycles. The molecule has 0 radical (unpaired) electrons. The molecule has 0 fully saturated rings. The third kappa shape index (κ3) is 8.80. The molecule has 0 aromatic carbocycles. The minimum Gasteiger partial charge on any atom is -0.347 e. The first kappa shape index (κ1) is 25.3. The summed E-state index contributed by atoms with van der Waals surface area (Å²) in [4.78, 5) is 66.2. The smallest absolute Gasteiger partial charge is 0.242 e. The third-order valence-electron chi connectivity index (χ3n) is 4.02. The first-order valence-electron chi connectivity index (χ1n) is 8.71. The lowest BCUT2D eigenvalue weighted by atomic mass is 10.3. The highest BCUT2D eigenvalue weighted by Crippen LogP contribution is 1.96. The Labute approximate surface area is 166 Å². The van der Waals surface area contributed by atoms with Gasteiger partial charge in [0.2, 0.25) is 29.5 Å². The van der Waals surface area contributed by atoms with Gasteiger partial charge in [0.25, 0.3) is 0 Å². The largest absolute Gasteiger partial charge is 0.347 e. The van der Waals surface area contributed by atoms with Gasteiger partial charge >= 0.3 is 0 Å². The van der Waals surface area contributed by atoms with Crippen LogP contribution in [0.4, 0.5) is 0 Å². The molecule has 0 saturated heterocycles. The molecule has 0 aliphatic carbocycles. The van der Waals surface area contributed by atoms with E-state index in [4.69, 9.17) is 0 Å². The summed E-state index contributed by atoms with van der Waals surface area (Å²) in [5.74, 6) is -1.69. The monoisotopic (exact) mass is 400 g/mol. The maximum atomic E-state index is 12.3. The summed E-state index contributed by atoms with van der Waals surface area (Å²) < 4.78 is 0. The van der Waals surface area contributed by atoms with Crippen LogP contribution in [0.3, 0.4) is 0 Å². The number of nitrogens with one attached hydrogen (secondary N) is 1. The normalized spacial score (nSPS) is 10.1. The molecule has 0 unspecified atom stereocenters. The summed E-state index contributed by atoms with van der Waals surface area (Å²) in [6.45, 7) is -0.557. The van der Waals surface area contributed by atoms with E-state index in [2.05, 4.69) is 5.32 Å². The van der Waals surface area contributed by atoms with Crippen molar-refractivity contribution in [3.8, 4) is 0 Å². The number of carbonyl (C=O) groups excluding carboxylic acids is 5. The van der Waals surface area contributed by atoms with Crippen molar-refractivity contribution in [2.75, 3.05) is 82.1 Å². The lowest BCUT2D eigenvalue weighted by Crippen LogP contribution is -2.47. The van der Waals surface area contributed by atoms with Gasteiger partial charge in [-0.3, -0.25) is 24.0 Å². The minimum atomic E-state index is -0.430. The number of carbonyl (C=O) groups is 5. The molecule has 0 rings (SSSR count). The van der Waals surface area contributed by atoms with E-state index in [1.54, 1.807) is 21.1 Å². The van der Waals surface area contributed by atoms with Gasteiger partial charge in [-0.15, -0.1) is 0 Å². The molecule has 0 atom stereocenters. The Balaban J connectivity index is 4.55. The number of amides is 5. The van der Waals surface area contributed by atoms with Crippen LogP contribution in [0.25, 0.3) is 0 Å². The van der Waals surface area contributed by atoms with Crippen molar-refractivity contribution < 1.29 is 24.0 Å². The Morgan fingerprint density at radius 1 is 0.536 bits per heavy atom. The summed E-state index contributed by atoms with van der Waals surface area (Å²) in [5, 5.41) is 2.71. The molecule has 0 aromatic heterocycles.